The van der Waals surface area contributed by atoms with E-state index in [2.05, 4.69) is 4.98 Å². The summed E-state index contributed by atoms with van der Waals surface area (Å²) in [7, 11) is -4.50. The molecule has 4 nitrogen and oxygen atoms in total. The number of benzene rings is 1. The summed E-state index contributed by atoms with van der Waals surface area (Å²) in [5.41, 5.74) is -3.41. The second-order valence-corrected chi connectivity index (χ2v) is 8.11. The summed E-state index contributed by atoms with van der Waals surface area (Å²) in [6, 6.07) is 7.80. The van der Waals surface area contributed by atoms with Crippen LogP contribution in [0.15, 0.2) is 53.7 Å². The van der Waals surface area contributed by atoms with E-state index in [0.717, 1.165) is 18.3 Å². The number of pyridine rings is 1. The minimum atomic E-state index is -5.23. The molecule has 1 heterocycles. The van der Waals surface area contributed by atoms with Crippen LogP contribution in [0, 0.1) is 0 Å². The summed E-state index contributed by atoms with van der Waals surface area (Å²) < 4.78 is 64.5. The zero-order chi connectivity index (χ0) is 19.6. The maximum atomic E-state index is 13.4. The van der Waals surface area contributed by atoms with Gasteiger partial charge in [-0.1, -0.05) is 41.4 Å². The Morgan fingerprint density at radius 1 is 1.12 bits per heavy atom. The fraction of sp³-hybridized carbons (Fsp3) is 0.188. The van der Waals surface area contributed by atoms with Gasteiger partial charge in [-0.25, -0.2) is 13.4 Å². The van der Waals surface area contributed by atoms with Gasteiger partial charge >= 0.3 is 6.18 Å². The average Bonchev–Trinajstić information content (AvgIpc) is 2.55. The highest BCUT2D eigenvalue weighted by Crippen LogP contribution is 2.35. The fourth-order valence-corrected chi connectivity index (χ4v) is 3.77. The number of hydrogen-bond donors (Lipinski definition) is 1. The molecule has 140 valence electrons. The molecule has 1 N–H and O–H groups in total. The number of alkyl halides is 3. The molecular weight excluding hydrogens is 414 g/mol. The molecule has 0 bridgehead atoms. The minimum absolute atomic E-state index is 0.102. The standard InChI is InChI=1S/C16H12Cl2F3NO3S/c17-12-5-4-11(9-13(12)18)6-7-15(23,16(19,20)21)10-26(24,25)14-3-1-2-8-22-14/h1-9,23H,10H2/b7-6+. The van der Waals surface area contributed by atoms with E-state index < -0.39 is 32.4 Å². The van der Waals surface area contributed by atoms with Crippen LogP contribution in [0.5, 0.6) is 0 Å². The Balaban J connectivity index is 2.39. The molecule has 1 atom stereocenters. The fourth-order valence-electron chi connectivity index (χ4n) is 1.97. The largest absolute Gasteiger partial charge is 0.421 e. The van der Waals surface area contributed by atoms with Gasteiger partial charge in [0.1, 0.15) is 0 Å². The van der Waals surface area contributed by atoms with Gasteiger partial charge in [-0.15, -0.1) is 0 Å². The van der Waals surface area contributed by atoms with E-state index in [1.54, 1.807) is 0 Å². The van der Waals surface area contributed by atoms with Gasteiger partial charge in [0.25, 0.3) is 0 Å². The van der Waals surface area contributed by atoms with E-state index in [-0.39, 0.29) is 15.6 Å². The third-order valence-electron chi connectivity index (χ3n) is 3.35. The minimum Gasteiger partial charge on any atom is -0.376 e. The lowest BCUT2D eigenvalue weighted by Crippen LogP contribution is -2.49. The maximum absolute atomic E-state index is 13.4. The number of aromatic nitrogens is 1. The van der Waals surface area contributed by atoms with Crippen LogP contribution < -0.4 is 0 Å². The second kappa shape index (κ2) is 7.56. The van der Waals surface area contributed by atoms with Gasteiger partial charge in [-0.05, 0) is 35.9 Å². The predicted octanol–water partition coefficient (Wildman–Crippen LogP) is 4.17. The van der Waals surface area contributed by atoms with Gasteiger partial charge in [0, 0.05) is 6.20 Å². The maximum Gasteiger partial charge on any atom is 0.421 e. The lowest BCUT2D eigenvalue weighted by molar-refractivity contribution is -0.230. The zero-order valence-corrected chi connectivity index (χ0v) is 15.2. The molecule has 0 radical (unpaired) electrons. The Kier molecular flexibility index (Phi) is 6.02. The van der Waals surface area contributed by atoms with Crippen molar-refractivity contribution in [3.8, 4) is 0 Å². The van der Waals surface area contributed by atoms with Gasteiger partial charge in [-0.3, -0.25) is 0 Å². The number of hydrogen-bond acceptors (Lipinski definition) is 4. The highest BCUT2D eigenvalue weighted by molar-refractivity contribution is 7.91. The molecule has 1 unspecified atom stereocenters. The summed E-state index contributed by atoms with van der Waals surface area (Å²) >= 11 is 11.5. The second-order valence-electron chi connectivity index (χ2n) is 5.36. The van der Waals surface area contributed by atoms with Crippen molar-refractivity contribution >= 4 is 39.1 Å². The van der Waals surface area contributed by atoms with Crippen LogP contribution in [0.25, 0.3) is 6.08 Å². The van der Waals surface area contributed by atoms with Crippen LogP contribution >= 0.6 is 23.2 Å². The lowest BCUT2D eigenvalue weighted by atomic mass is 10.0. The first-order valence-electron chi connectivity index (χ1n) is 7.02. The predicted molar refractivity (Wildman–Crippen MR) is 92.8 cm³/mol. The van der Waals surface area contributed by atoms with Crippen LogP contribution in [0.1, 0.15) is 5.56 Å². The van der Waals surface area contributed by atoms with Crippen molar-refractivity contribution in [2.75, 3.05) is 5.75 Å². The van der Waals surface area contributed by atoms with Gasteiger partial charge in [0.15, 0.2) is 20.5 Å². The molecular formula is C16H12Cl2F3NO3S. The van der Waals surface area contributed by atoms with Crippen molar-refractivity contribution in [1.29, 1.82) is 0 Å². The Morgan fingerprint density at radius 2 is 1.81 bits per heavy atom. The van der Waals surface area contributed by atoms with Gasteiger partial charge in [-0.2, -0.15) is 13.2 Å². The van der Waals surface area contributed by atoms with Crippen molar-refractivity contribution in [3.63, 3.8) is 0 Å². The first-order chi connectivity index (χ1) is 11.9. The van der Waals surface area contributed by atoms with Crippen LogP contribution in [0.2, 0.25) is 10.0 Å². The molecule has 0 saturated carbocycles. The van der Waals surface area contributed by atoms with E-state index in [1.807, 2.05) is 0 Å². The van der Waals surface area contributed by atoms with E-state index >= 15 is 0 Å². The molecule has 2 rings (SSSR count). The number of aliphatic hydroxyl groups is 1. The first-order valence-corrected chi connectivity index (χ1v) is 9.43. The van der Waals surface area contributed by atoms with Crippen molar-refractivity contribution in [2.24, 2.45) is 0 Å². The van der Waals surface area contributed by atoms with Crippen LogP contribution in [-0.2, 0) is 9.84 Å². The molecule has 2 aromatic rings. The Bertz CT molecular complexity index is 918. The van der Waals surface area contributed by atoms with Crippen LogP contribution in [0.4, 0.5) is 13.2 Å². The molecule has 0 aliphatic rings. The van der Waals surface area contributed by atoms with Crippen molar-refractivity contribution in [2.45, 2.75) is 16.8 Å². The average molecular weight is 426 g/mol. The molecule has 0 aliphatic carbocycles. The summed E-state index contributed by atoms with van der Waals surface area (Å²) in [6.07, 6.45) is -2.82. The van der Waals surface area contributed by atoms with Crippen molar-refractivity contribution in [1.82, 2.24) is 4.98 Å². The van der Waals surface area contributed by atoms with E-state index in [0.29, 0.717) is 6.08 Å². The van der Waals surface area contributed by atoms with Crippen LogP contribution in [-0.4, -0.2) is 36.0 Å². The summed E-state index contributed by atoms with van der Waals surface area (Å²) in [4.78, 5) is 3.53. The quantitative estimate of drug-likeness (QED) is 0.780. The van der Waals surface area contributed by atoms with E-state index in [9.17, 15) is 26.7 Å². The normalized spacial score (nSPS) is 15.2. The molecule has 0 saturated heterocycles. The first kappa shape index (κ1) is 20.7. The molecule has 10 heteroatoms. The van der Waals surface area contributed by atoms with Crippen LogP contribution in [0.3, 0.4) is 0 Å². The monoisotopic (exact) mass is 425 g/mol. The SMILES string of the molecule is O=S(=O)(CC(O)(/C=C/c1ccc(Cl)c(Cl)c1)C(F)(F)F)c1ccccn1. The summed E-state index contributed by atoms with van der Waals surface area (Å²) in [6.45, 7) is 0. The van der Waals surface area contributed by atoms with Crippen molar-refractivity contribution < 1.29 is 26.7 Å². The van der Waals surface area contributed by atoms with E-state index in [4.69, 9.17) is 23.2 Å². The molecule has 0 spiro atoms. The van der Waals surface area contributed by atoms with Gasteiger partial charge in [0.05, 0.1) is 15.8 Å². The topological polar surface area (TPSA) is 67.3 Å². The van der Waals surface area contributed by atoms with Gasteiger partial charge in [0.2, 0.25) is 0 Å². The van der Waals surface area contributed by atoms with E-state index in [1.165, 1.54) is 30.3 Å². The molecule has 26 heavy (non-hydrogen) atoms. The highest BCUT2D eigenvalue weighted by atomic mass is 35.5. The van der Waals surface area contributed by atoms with Crippen molar-refractivity contribution in [3.05, 3.63) is 64.3 Å². The summed E-state index contributed by atoms with van der Waals surface area (Å²) in [5, 5.41) is 9.79. The highest BCUT2D eigenvalue weighted by Gasteiger charge is 2.54. The zero-order valence-electron chi connectivity index (χ0n) is 12.9. The Hall–Kier alpha value is -1.61. The number of halogens is 5. The summed E-state index contributed by atoms with van der Waals surface area (Å²) in [5.74, 6) is -1.61. The molecule has 0 aliphatic heterocycles. The lowest BCUT2D eigenvalue weighted by Gasteiger charge is -2.27. The third kappa shape index (κ3) is 4.76. The Labute approximate surface area is 157 Å². The molecule has 1 aromatic carbocycles. The Morgan fingerprint density at radius 3 is 2.35 bits per heavy atom. The number of rotatable bonds is 5. The molecule has 0 fully saturated rings. The van der Waals surface area contributed by atoms with Gasteiger partial charge < -0.3 is 5.11 Å². The molecule has 1 aromatic heterocycles. The number of nitrogens with zero attached hydrogens (tertiary/aromatic N) is 1. The number of sulfone groups is 1. The molecule has 0 amide bonds. The smallest absolute Gasteiger partial charge is 0.376 e. The third-order valence-corrected chi connectivity index (χ3v) is 5.79.